The van der Waals surface area contributed by atoms with Gasteiger partial charge in [-0.3, -0.25) is 4.90 Å². The largest absolute Gasteiger partial charge is 0.395 e. The molecule has 0 spiro atoms. The van der Waals surface area contributed by atoms with Crippen molar-refractivity contribution in [2.45, 2.75) is 46.2 Å². The normalized spacial score (nSPS) is 29.2. The van der Waals surface area contributed by atoms with Gasteiger partial charge in [0.2, 0.25) is 0 Å². The molecule has 0 aromatic rings. The first-order valence-electron chi connectivity index (χ1n) is 6.34. The predicted molar refractivity (Wildman–Crippen MR) is 68.2 cm³/mol. The van der Waals surface area contributed by atoms with Crippen molar-refractivity contribution in [3.05, 3.63) is 0 Å². The molecule has 3 heteroatoms. The number of nitrogens with two attached hydrogens (primary N) is 1. The van der Waals surface area contributed by atoms with Crippen LogP contribution in [-0.2, 0) is 0 Å². The van der Waals surface area contributed by atoms with Crippen molar-refractivity contribution in [3.63, 3.8) is 0 Å². The third-order valence-corrected chi connectivity index (χ3v) is 3.97. The fourth-order valence-electron chi connectivity index (χ4n) is 2.26. The van der Waals surface area contributed by atoms with Crippen LogP contribution in [0.3, 0.4) is 0 Å². The summed E-state index contributed by atoms with van der Waals surface area (Å²) in [5.41, 5.74) is 6.27. The Hall–Kier alpha value is -0.120. The van der Waals surface area contributed by atoms with Gasteiger partial charge in [0.1, 0.15) is 0 Å². The van der Waals surface area contributed by atoms with Gasteiger partial charge in [0.25, 0.3) is 0 Å². The highest BCUT2D eigenvalue weighted by molar-refractivity contribution is 4.92. The Morgan fingerprint density at radius 1 is 1.44 bits per heavy atom. The first-order valence-corrected chi connectivity index (χ1v) is 6.34. The minimum absolute atomic E-state index is 0.0107. The molecule has 3 N–H and O–H groups in total. The van der Waals surface area contributed by atoms with Crippen LogP contribution < -0.4 is 5.73 Å². The van der Waals surface area contributed by atoms with Gasteiger partial charge in [-0.2, -0.15) is 0 Å². The van der Waals surface area contributed by atoms with Crippen LogP contribution in [0.2, 0.25) is 0 Å². The molecule has 16 heavy (non-hydrogen) atoms. The summed E-state index contributed by atoms with van der Waals surface area (Å²) in [5.74, 6) is 1.67. The Bertz CT molecular complexity index is 224. The number of aliphatic hydroxyl groups is 1. The quantitative estimate of drug-likeness (QED) is 0.746. The summed E-state index contributed by atoms with van der Waals surface area (Å²) < 4.78 is 0. The Balaban J connectivity index is 2.52. The average molecular weight is 228 g/mol. The maximum Gasteiger partial charge on any atom is 0.0602 e. The third kappa shape index (κ3) is 3.44. The molecule has 4 unspecified atom stereocenters. The number of rotatable bonds is 5. The maximum absolute atomic E-state index is 9.51. The van der Waals surface area contributed by atoms with Gasteiger partial charge in [0.05, 0.1) is 6.61 Å². The molecule has 1 saturated carbocycles. The second-order valence-corrected chi connectivity index (χ2v) is 6.55. The van der Waals surface area contributed by atoms with Gasteiger partial charge in [-0.25, -0.2) is 0 Å². The monoisotopic (exact) mass is 228 g/mol. The van der Waals surface area contributed by atoms with Crippen LogP contribution in [0.15, 0.2) is 0 Å². The Morgan fingerprint density at radius 3 is 2.25 bits per heavy atom. The highest BCUT2D eigenvalue weighted by Gasteiger charge is 2.37. The standard InChI is InChI=1S/C13H28N2O/c1-9-6-10(9)7-15(5)11(8-16)12(14)13(2,3)4/h9-12,16H,6-8,14H2,1-5H3. The van der Waals surface area contributed by atoms with Crippen LogP contribution in [0.25, 0.3) is 0 Å². The number of hydrogen-bond donors (Lipinski definition) is 2. The first kappa shape index (κ1) is 13.9. The summed E-state index contributed by atoms with van der Waals surface area (Å²) in [6.07, 6.45) is 1.33. The Morgan fingerprint density at radius 2 is 1.94 bits per heavy atom. The lowest BCUT2D eigenvalue weighted by atomic mass is 9.82. The van der Waals surface area contributed by atoms with Crippen LogP contribution in [0.1, 0.15) is 34.1 Å². The van der Waals surface area contributed by atoms with E-state index in [0.29, 0.717) is 0 Å². The van der Waals surface area contributed by atoms with Crippen molar-refractivity contribution in [1.29, 1.82) is 0 Å². The zero-order valence-corrected chi connectivity index (χ0v) is 11.4. The van der Waals surface area contributed by atoms with E-state index in [0.717, 1.165) is 18.4 Å². The lowest BCUT2D eigenvalue weighted by Gasteiger charge is -2.38. The molecular weight excluding hydrogens is 200 g/mol. The smallest absolute Gasteiger partial charge is 0.0602 e. The van der Waals surface area contributed by atoms with Crippen molar-refractivity contribution in [2.75, 3.05) is 20.2 Å². The van der Waals surface area contributed by atoms with Gasteiger partial charge >= 0.3 is 0 Å². The van der Waals surface area contributed by atoms with Gasteiger partial charge in [-0.15, -0.1) is 0 Å². The molecule has 0 amide bonds. The predicted octanol–water partition coefficient (Wildman–Crippen LogP) is 1.31. The van der Waals surface area contributed by atoms with Gasteiger partial charge < -0.3 is 10.8 Å². The molecule has 4 atom stereocenters. The summed E-state index contributed by atoms with van der Waals surface area (Å²) in [6, 6.07) is 0.0874. The Kier molecular flexibility index (Phi) is 4.38. The first-order chi connectivity index (χ1) is 7.27. The topological polar surface area (TPSA) is 49.5 Å². The highest BCUT2D eigenvalue weighted by Crippen LogP contribution is 2.38. The van der Waals surface area contributed by atoms with Gasteiger partial charge in [0.15, 0.2) is 0 Å². The van der Waals surface area contributed by atoms with Crippen molar-refractivity contribution >= 4 is 0 Å². The van der Waals surface area contributed by atoms with Crippen molar-refractivity contribution in [1.82, 2.24) is 4.90 Å². The molecule has 96 valence electrons. The number of nitrogens with zero attached hydrogens (tertiary/aromatic N) is 1. The highest BCUT2D eigenvalue weighted by atomic mass is 16.3. The van der Waals surface area contributed by atoms with Crippen LogP contribution >= 0.6 is 0 Å². The van der Waals surface area contributed by atoms with E-state index in [9.17, 15) is 5.11 Å². The molecule has 0 saturated heterocycles. The molecule has 1 fully saturated rings. The molecule has 1 rings (SSSR count). The number of hydrogen-bond acceptors (Lipinski definition) is 3. The van der Waals surface area contributed by atoms with Crippen LogP contribution in [0.4, 0.5) is 0 Å². The summed E-state index contributed by atoms with van der Waals surface area (Å²) in [7, 11) is 2.08. The number of aliphatic hydroxyl groups excluding tert-OH is 1. The molecule has 1 aliphatic carbocycles. The zero-order chi connectivity index (χ0) is 12.5. The van der Waals surface area contributed by atoms with Gasteiger partial charge in [-0.05, 0) is 30.7 Å². The Labute approximate surface area is 100 Å². The van der Waals surface area contributed by atoms with E-state index in [1.807, 2.05) is 0 Å². The molecule has 3 nitrogen and oxygen atoms in total. The minimum Gasteiger partial charge on any atom is -0.395 e. The second kappa shape index (κ2) is 5.03. The fourth-order valence-corrected chi connectivity index (χ4v) is 2.26. The lowest BCUT2D eigenvalue weighted by molar-refractivity contribution is 0.0851. The van der Waals surface area contributed by atoms with Gasteiger partial charge in [-0.1, -0.05) is 27.7 Å². The van der Waals surface area contributed by atoms with E-state index >= 15 is 0 Å². The summed E-state index contributed by atoms with van der Waals surface area (Å²) in [6.45, 7) is 9.90. The van der Waals surface area contributed by atoms with E-state index < -0.39 is 0 Å². The molecular formula is C13H28N2O. The van der Waals surface area contributed by atoms with E-state index in [1.54, 1.807) is 0 Å². The van der Waals surface area contributed by atoms with Crippen molar-refractivity contribution in [2.24, 2.45) is 23.0 Å². The lowest BCUT2D eigenvalue weighted by Crippen LogP contribution is -2.54. The third-order valence-electron chi connectivity index (χ3n) is 3.97. The number of likely N-dealkylation sites (N-methyl/N-ethyl adjacent to an activating group) is 1. The SMILES string of the molecule is CC1CC1CN(C)C(CO)C(N)C(C)(C)C. The average Bonchev–Trinajstić information content (AvgIpc) is 2.81. The molecule has 0 aliphatic heterocycles. The van der Waals surface area contributed by atoms with Crippen molar-refractivity contribution in [3.8, 4) is 0 Å². The summed E-state index contributed by atoms with van der Waals surface area (Å²) in [5, 5.41) is 9.51. The van der Waals surface area contributed by atoms with E-state index in [-0.39, 0.29) is 24.1 Å². The second-order valence-electron chi connectivity index (χ2n) is 6.55. The van der Waals surface area contributed by atoms with Crippen LogP contribution in [0.5, 0.6) is 0 Å². The summed E-state index contributed by atoms with van der Waals surface area (Å²) in [4.78, 5) is 2.24. The van der Waals surface area contributed by atoms with Gasteiger partial charge in [0, 0.05) is 18.6 Å². The van der Waals surface area contributed by atoms with E-state index in [4.69, 9.17) is 5.73 Å². The molecule has 0 aromatic carbocycles. The molecule has 1 aliphatic rings. The fraction of sp³-hybridized carbons (Fsp3) is 1.00. The zero-order valence-electron chi connectivity index (χ0n) is 11.4. The van der Waals surface area contributed by atoms with Crippen LogP contribution in [0, 0.1) is 17.3 Å². The molecule has 0 heterocycles. The minimum atomic E-state index is 0.0107. The summed E-state index contributed by atoms with van der Waals surface area (Å²) >= 11 is 0. The van der Waals surface area contributed by atoms with Crippen LogP contribution in [-0.4, -0.2) is 42.3 Å². The maximum atomic E-state index is 9.51. The molecule has 0 radical (unpaired) electrons. The molecule has 0 aromatic heterocycles. The van der Waals surface area contributed by atoms with E-state index in [1.165, 1.54) is 6.42 Å². The molecule has 0 bridgehead atoms. The van der Waals surface area contributed by atoms with E-state index in [2.05, 4.69) is 39.6 Å². The van der Waals surface area contributed by atoms with Crippen molar-refractivity contribution < 1.29 is 5.11 Å².